The standard InChI is InChI=1S/C12H9ClN4O2/c13-11-3-4-12(17-15-11)16-14-6-8-1-2-9-10(5-8)19-7-18-9/h1-6H,7H2,(H,16,17). The van der Waals surface area contributed by atoms with Crippen LogP contribution in [0.4, 0.5) is 5.82 Å². The molecule has 0 radical (unpaired) electrons. The third-order valence-corrected chi connectivity index (χ3v) is 2.62. The summed E-state index contributed by atoms with van der Waals surface area (Å²) in [5.74, 6) is 1.98. The van der Waals surface area contributed by atoms with Crippen molar-refractivity contribution < 1.29 is 9.47 Å². The van der Waals surface area contributed by atoms with Gasteiger partial charge in [-0.25, -0.2) is 0 Å². The van der Waals surface area contributed by atoms with E-state index in [0.717, 1.165) is 17.1 Å². The fraction of sp³-hybridized carbons (Fsp3) is 0.0833. The molecule has 96 valence electrons. The Hall–Kier alpha value is -2.34. The first-order chi connectivity index (χ1) is 9.31. The molecule has 3 rings (SSSR count). The Morgan fingerprint density at radius 1 is 1.16 bits per heavy atom. The lowest BCUT2D eigenvalue weighted by Crippen LogP contribution is -1.95. The van der Waals surface area contributed by atoms with E-state index in [4.69, 9.17) is 21.1 Å². The minimum Gasteiger partial charge on any atom is -0.454 e. The number of hydrogen-bond donors (Lipinski definition) is 1. The molecule has 0 amide bonds. The Morgan fingerprint density at radius 2 is 2.05 bits per heavy atom. The number of hydrogen-bond acceptors (Lipinski definition) is 6. The highest BCUT2D eigenvalue weighted by Gasteiger charge is 2.12. The quantitative estimate of drug-likeness (QED) is 0.688. The number of anilines is 1. The van der Waals surface area contributed by atoms with Crippen molar-refractivity contribution in [2.24, 2.45) is 5.10 Å². The molecule has 0 aliphatic carbocycles. The topological polar surface area (TPSA) is 68.6 Å². The van der Waals surface area contributed by atoms with Crippen LogP contribution < -0.4 is 14.9 Å². The van der Waals surface area contributed by atoms with Gasteiger partial charge in [-0.05, 0) is 35.9 Å². The zero-order valence-electron chi connectivity index (χ0n) is 9.71. The molecule has 0 atom stereocenters. The molecule has 6 nitrogen and oxygen atoms in total. The molecule has 0 bridgehead atoms. The van der Waals surface area contributed by atoms with Gasteiger partial charge in [0.05, 0.1) is 6.21 Å². The molecule has 1 aliphatic heterocycles. The summed E-state index contributed by atoms with van der Waals surface area (Å²) >= 11 is 5.63. The van der Waals surface area contributed by atoms with Gasteiger partial charge in [0.25, 0.3) is 0 Å². The van der Waals surface area contributed by atoms with Crippen LogP contribution >= 0.6 is 11.6 Å². The number of benzene rings is 1. The number of nitrogens with one attached hydrogen (secondary N) is 1. The van der Waals surface area contributed by atoms with Gasteiger partial charge in [0, 0.05) is 0 Å². The third kappa shape index (κ3) is 2.74. The minimum atomic E-state index is 0.258. The van der Waals surface area contributed by atoms with Crippen molar-refractivity contribution in [1.82, 2.24) is 10.2 Å². The van der Waals surface area contributed by atoms with Gasteiger partial charge in [-0.15, -0.1) is 10.2 Å². The van der Waals surface area contributed by atoms with Gasteiger partial charge in [-0.2, -0.15) is 5.10 Å². The highest BCUT2D eigenvalue weighted by Crippen LogP contribution is 2.31. The van der Waals surface area contributed by atoms with E-state index in [0.29, 0.717) is 11.0 Å². The number of rotatable bonds is 3. The lowest BCUT2D eigenvalue weighted by Gasteiger charge is -1.99. The summed E-state index contributed by atoms with van der Waals surface area (Å²) in [4.78, 5) is 0. The maximum absolute atomic E-state index is 5.63. The van der Waals surface area contributed by atoms with Crippen LogP contribution in [-0.4, -0.2) is 23.2 Å². The molecule has 1 N–H and O–H groups in total. The van der Waals surface area contributed by atoms with Crippen LogP contribution in [0, 0.1) is 0 Å². The highest BCUT2D eigenvalue weighted by atomic mass is 35.5. The second-order valence-electron chi connectivity index (χ2n) is 3.72. The Balaban J connectivity index is 1.67. The Morgan fingerprint density at radius 3 is 2.89 bits per heavy atom. The van der Waals surface area contributed by atoms with E-state index in [1.165, 1.54) is 0 Å². The summed E-state index contributed by atoms with van der Waals surface area (Å²) in [6.45, 7) is 0.258. The average molecular weight is 277 g/mol. The second kappa shape index (κ2) is 5.11. The van der Waals surface area contributed by atoms with Crippen LogP contribution in [-0.2, 0) is 0 Å². The van der Waals surface area contributed by atoms with E-state index in [-0.39, 0.29) is 6.79 Å². The molecule has 0 spiro atoms. The monoisotopic (exact) mass is 276 g/mol. The number of nitrogens with zero attached hydrogens (tertiary/aromatic N) is 3. The maximum atomic E-state index is 5.63. The smallest absolute Gasteiger partial charge is 0.231 e. The van der Waals surface area contributed by atoms with Crippen LogP contribution in [0.1, 0.15) is 5.56 Å². The molecule has 0 saturated heterocycles. The molecule has 0 saturated carbocycles. The Labute approximate surface area is 114 Å². The van der Waals surface area contributed by atoms with Gasteiger partial charge in [0.2, 0.25) is 6.79 Å². The molecular formula is C12H9ClN4O2. The van der Waals surface area contributed by atoms with Crippen molar-refractivity contribution in [2.45, 2.75) is 0 Å². The van der Waals surface area contributed by atoms with E-state index in [1.807, 2.05) is 18.2 Å². The van der Waals surface area contributed by atoms with E-state index in [9.17, 15) is 0 Å². The first-order valence-electron chi connectivity index (χ1n) is 5.49. The van der Waals surface area contributed by atoms with E-state index < -0.39 is 0 Å². The summed E-state index contributed by atoms with van der Waals surface area (Å²) in [5.41, 5.74) is 3.64. The molecule has 0 fully saturated rings. The molecular weight excluding hydrogens is 268 g/mol. The van der Waals surface area contributed by atoms with E-state index in [1.54, 1.807) is 18.3 Å². The predicted molar refractivity (Wildman–Crippen MR) is 70.8 cm³/mol. The Kier molecular flexibility index (Phi) is 3.16. The summed E-state index contributed by atoms with van der Waals surface area (Å²) < 4.78 is 10.5. The number of halogens is 1. The third-order valence-electron chi connectivity index (χ3n) is 2.42. The number of aromatic nitrogens is 2. The van der Waals surface area contributed by atoms with Gasteiger partial charge >= 0.3 is 0 Å². The summed E-state index contributed by atoms with van der Waals surface area (Å²) in [6, 6.07) is 8.89. The highest BCUT2D eigenvalue weighted by molar-refractivity contribution is 6.29. The molecule has 1 aliphatic rings. The second-order valence-corrected chi connectivity index (χ2v) is 4.11. The van der Waals surface area contributed by atoms with Crippen molar-refractivity contribution in [3.8, 4) is 11.5 Å². The number of hydrazone groups is 1. The summed E-state index contributed by atoms with van der Waals surface area (Å²) in [6.07, 6.45) is 1.65. The molecule has 19 heavy (non-hydrogen) atoms. The van der Waals surface area contributed by atoms with Gasteiger partial charge in [-0.3, -0.25) is 5.43 Å². The van der Waals surface area contributed by atoms with Crippen molar-refractivity contribution in [3.05, 3.63) is 41.0 Å². The maximum Gasteiger partial charge on any atom is 0.231 e. The van der Waals surface area contributed by atoms with Crippen molar-refractivity contribution in [2.75, 3.05) is 12.2 Å². The zero-order chi connectivity index (χ0) is 13.1. The first kappa shape index (κ1) is 11.7. The molecule has 2 heterocycles. The van der Waals surface area contributed by atoms with Crippen LogP contribution in [0.15, 0.2) is 35.4 Å². The minimum absolute atomic E-state index is 0.258. The molecule has 7 heteroatoms. The molecule has 1 aromatic carbocycles. The summed E-state index contributed by atoms with van der Waals surface area (Å²) in [5, 5.41) is 11.9. The molecule has 2 aromatic rings. The van der Waals surface area contributed by atoms with Crippen molar-refractivity contribution >= 4 is 23.6 Å². The fourth-order valence-corrected chi connectivity index (χ4v) is 1.64. The van der Waals surface area contributed by atoms with Crippen molar-refractivity contribution in [3.63, 3.8) is 0 Å². The first-order valence-corrected chi connectivity index (χ1v) is 5.87. The largest absolute Gasteiger partial charge is 0.454 e. The van der Waals surface area contributed by atoms with Gasteiger partial charge in [-0.1, -0.05) is 11.6 Å². The fourth-order valence-electron chi connectivity index (χ4n) is 1.54. The lowest BCUT2D eigenvalue weighted by molar-refractivity contribution is 0.174. The summed E-state index contributed by atoms with van der Waals surface area (Å²) in [7, 11) is 0. The average Bonchev–Trinajstić information content (AvgIpc) is 2.88. The van der Waals surface area contributed by atoms with Gasteiger partial charge in [0.15, 0.2) is 22.5 Å². The van der Waals surface area contributed by atoms with Gasteiger partial charge < -0.3 is 9.47 Å². The SMILES string of the molecule is Clc1ccc(NN=Cc2ccc3c(c2)OCO3)nn1. The van der Waals surface area contributed by atoms with Crippen LogP contribution in [0.5, 0.6) is 11.5 Å². The predicted octanol–water partition coefficient (Wildman–Crippen LogP) is 2.30. The van der Waals surface area contributed by atoms with E-state index in [2.05, 4.69) is 20.7 Å². The van der Waals surface area contributed by atoms with Crippen LogP contribution in [0.3, 0.4) is 0 Å². The van der Waals surface area contributed by atoms with Gasteiger partial charge in [0.1, 0.15) is 0 Å². The van der Waals surface area contributed by atoms with Crippen LogP contribution in [0.25, 0.3) is 0 Å². The van der Waals surface area contributed by atoms with Crippen molar-refractivity contribution in [1.29, 1.82) is 0 Å². The van der Waals surface area contributed by atoms with Crippen LogP contribution in [0.2, 0.25) is 5.15 Å². The van der Waals surface area contributed by atoms with E-state index >= 15 is 0 Å². The number of ether oxygens (including phenoxy) is 2. The molecule has 1 aromatic heterocycles. The lowest BCUT2D eigenvalue weighted by atomic mass is 10.2. The zero-order valence-corrected chi connectivity index (χ0v) is 10.5. The normalized spacial score (nSPS) is 12.9. The molecule has 0 unspecified atom stereocenters. The Bertz CT molecular complexity index is 616. The number of fused-ring (bicyclic) bond motifs is 1.